The molecule has 35 heavy (non-hydrogen) atoms. The van der Waals surface area contributed by atoms with Crippen LogP contribution in [0, 0.1) is 0 Å². The van der Waals surface area contributed by atoms with Gasteiger partial charge in [-0.1, -0.05) is 48.5 Å². The molecule has 3 aromatic heterocycles. The Bertz CT molecular complexity index is 1520. The molecule has 0 saturated carbocycles. The van der Waals surface area contributed by atoms with Gasteiger partial charge in [0, 0.05) is 11.1 Å². The first-order valence-electron chi connectivity index (χ1n) is 11.0. The van der Waals surface area contributed by atoms with Crippen molar-refractivity contribution in [3.05, 3.63) is 95.1 Å². The van der Waals surface area contributed by atoms with E-state index in [1.165, 1.54) is 14.2 Å². The summed E-state index contributed by atoms with van der Waals surface area (Å²) >= 11 is 0. The van der Waals surface area contributed by atoms with Crippen LogP contribution in [-0.4, -0.2) is 35.7 Å². The molecule has 0 fully saturated rings. The van der Waals surface area contributed by atoms with E-state index in [9.17, 15) is 14.7 Å². The molecule has 1 N–H and O–H groups in total. The molecule has 0 aliphatic rings. The lowest BCUT2D eigenvalue weighted by Gasteiger charge is -2.08. The zero-order chi connectivity index (χ0) is 24.5. The van der Waals surface area contributed by atoms with Crippen LogP contribution in [0.2, 0.25) is 0 Å². The Balaban J connectivity index is 1.65. The Hall–Kier alpha value is -4.36. The van der Waals surface area contributed by atoms with Crippen LogP contribution in [0.15, 0.2) is 72.8 Å². The van der Waals surface area contributed by atoms with Gasteiger partial charge in [0.05, 0.1) is 37.4 Å². The second-order valence-electron chi connectivity index (χ2n) is 8.06. The van der Waals surface area contributed by atoms with Crippen molar-refractivity contribution in [1.82, 2.24) is 4.40 Å². The summed E-state index contributed by atoms with van der Waals surface area (Å²) in [4.78, 5) is 25.6. The van der Waals surface area contributed by atoms with Gasteiger partial charge < -0.3 is 23.7 Å². The number of carbonyl (C=O) groups is 2. The van der Waals surface area contributed by atoms with E-state index in [-0.39, 0.29) is 17.7 Å². The van der Waals surface area contributed by atoms with Crippen molar-refractivity contribution < 1.29 is 28.9 Å². The molecule has 0 unspecified atom stereocenters. The number of hydrogen-bond donors (Lipinski definition) is 1. The lowest BCUT2D eigenvalue weighted by atomic mass is 10.0. The highest BCUT2D eigenvalue weighted by molar-refractivity contribution is 6.17. The molecule has 0 atom stereocenters. The number of ether oxygens (including phenoxy) is 3. The third kappa shape index (κ3) is 3.76. The summed E-state index contributed by atoms with van der Waals surface area (Å²) in [5.74, 6) is -0.576. The third-order valence-electron chi connectivity index (χ3n) is 6.12. The van der Waals surface area contributed by atoms with E-state index in [2.05, 4.69) is 0 Å². The first-order chi connectivity index (χ1) is 17.1. The maximum atomic E-state index is 12.9. The molecule has 7 heteroatoms. The summed E-state index contributed by atoms with van der Waals surface area (Å²) in [6.45, 7) is 0.253. The Labute approximate surface area is 201 Å². The first kappa shape index (κ1) is 22.4. The molecule has 3 heterocycles. The Kier molecular flexibility index (Phi) is 5.84. The van der Waals surface area contributed by atoms with Gasteiger partial charge in [-0.15, -0.1) is 0 Å². The van der Waals surface area contributed by atoms with Crippen molar-refractivity contribution in [2.24, 2.45) is 0 Å². The predicted octanol–water partition coefficient (Wildman–Crippen LogP) is 4.84. The SMILES string of the molecule is COC(=O)c1c(C(=O)OC)c2c(-c3ccc(OCc4ccccc4)cc3)cc3c(CO)ccc1n32. The molecule has 0 aliphatic carbocycles. The van der Waals surface area contributed by atoms with E-state index in [0.29, 0.717) is 34.5 Å². The van der Waals surface area contributed by atoms with Crippen molar-refractivity contribution in [3.63, 3.8) is 0 Å². The number of pyridine rings is 1. The molecule has 0 bridgehead atoms. The highest BCUT2D eigenvalue weighted by Gasteiger charge is 2.31. The number of esters is 2. The number of aliphatic hydroxyl groups excluding tert-OH is 1. The van der Waals surface area contributed by atoms with E-state index in [1.807, 2.05) is 60.7 Å². The maximum absolute atomic E-state index is 12.9. The fourth-order valence-electron chi connectivity index (χ4n) is 4.46. The molecule has 0 aliphatic heterocycles. The predicted molar refractivity (Wildman–Crippen MR) is 131 cm³/mol. The van der Waals surface area contributed by atoms with Gasteiger partial charge in [-0.3, -0.25) is 0 Å². The minimum absolute atomic E-state index is 0.129. The number of hydrogen-bond acceptors (Lipinski definition) is 6. The largest absolute Gasteiger partial charge is 0.489 e. The number of aromatic nitrogens is 1. The van der Waals surface area contributed by atoms with Crippen molar-refractivity contribution in [2.75, 3.05) is 14.2 Å². The minimum atomic E-state index is -0.642. The molecular weight excluding hydrogens is 446 g/mol. The highest BCUT2D eigenvalue weighted by Crippen LogP contribution is 2.39. The molecule has 0 radical (unpaired) electrons. The number of benzene rings is 2. The molecule has 2 aromatic carbocycles. The number of rotatable bonds is 7. The van der Waals surface area contributed by atoms with Crippen molar-refractivity contribution in [2.45, 2.75) is 13.2 Å². The van der Waals surface area contributed by atoms with Crippen LogP contribution in [0.3, 0.4) is 0 Å². The van der Waals surface area contributed by atoms with Crippen LogP contribution < -0.4 is 4.74 Å². The Morgan fingerprint density at radius 2 is 1.51 bits per heavy atom. The standard InChI is InChI=1S/C28H23NO6/c1-33-27(31)24-22-13-10-19(15-30)23-14-21(26(29(22)23)25(24)28(32)34-2)18-8-11-20(12-9-18)35-16-17-6-4-3-5-7-17/h3-14,30H,15-16H2,1-2H3. The van der Waals surface area contributed by atoms with Crippen molar-refractivity contribution in [3.8, 4) is 16.9 Å². The summed E-state index contributed by atoms with van der Waals surface area (Å²) in [6, 6.07) is 22.7. The van der Waals surface area contributed by atoms with Crippen LogP contribution >= 0.6 is 0 Å². The average Bonchev–Trinajstić information content (AvgIpc) is 3.47. The van der Waals surface area contributed by atoms with E-state index in [4.69, 9.17) is 14.2 Å². The lowest BCUT2D eigenvalue weighted by Crippen LogP contribution is -2.10. The number of aliphatic hydroxyl groups is 1. The highest BCUT2D eigenvalue weighted by atomic mass is 16.5. The van der Waals surface area contributed by atoms with Gasteiger partial charge in [-0.2, -0.15) is 0 Å². The van der Waals surface area contributed by atoms with E-state index in [0.717, 1.165) is 16.7 Å². The van der Waals surface area contributed by atoms with Gasteiger partial charge >= 0.3 is 11.9 Å². The van der Waals surface area contributed by atoms with E-state index < -0.39 is 11.9 Å². The van der Waals surface area contributed by atoms with Crippen LogP contribution in [0.4, 0.5) is 0 Å². The van der Waals surface area contributed by atoms with Crippen molar-refractivity contribution in [1.29, 1.82) is 0 Å². The molecule has 176 valence electrons. The second kappa shape index (κ2) is 9.12. The van der Waals surface area contributed by atoms with Gasteiger partial charge in [0.1, 0.15) is 23.5 Å². The lowest BCUT2D eigenvalue weighted by molar-refractivity contribution is 0.0559. The summed E-state index contributed by atoms with van der Waals surface area (Å²) in [7, 11) is 2.54. The minimum Gasteiger partial charge on any atom is -0.489 e. The molecule has 5 aromatic rings. The molecule has 0 amide bonds. The molecule has 0 saturated heterocycles. The fourth-order valence-corrected chi connectivity index (χ4v) is 4.46. The molecule has 5 rings (SSSR count). The Morgan fingerprint density at radius 3 is 2.17 bits per heavy atom. The van der Waals surface area contributed by atoms with Gasteiger partial charge in [-0.05, 0) is 35.4 Å². The summed E-state index contributed by atoms with van der Waals surface area (Å²) in [5, 5.41) is 9.92. The quantitative estimate of drug-likeness (QED) is 0.343. The third-order valence-corrected chi connectivity index (χ3v) is 6.12. The second-order valence-corrected chi connectivity index (χ2v) is 8.06. The van der Waals surface area contributed by atoms with Gasteiger partial charge in [0.25, 0.3) is 0 Å². The zero-order valence-corrected chi connectivity index (χ0v) is 19.3. The Morgan fingerprint density at radius 1 is 0.829 bits per heavy atom. The molecular formula is C28H23NO6. The summed E-state index contributed by atoms with van der Waals surface area (Å²) in [6.07, 6.45) is 0. The molecule has 7 nitrogen and oxygen atoms in total. The number of methoxy groups -OCH3 is 2. The monoisotopic (exact) mass is 469 g/mol. The van der Waals surface area contributed by atoms with Crippen LogP contribution in [0.5, 0.6) is 5.75 Å². The van der Waals surface area contributed by atoms with Crippen molar-refractivity contribution >= 4 is 28.5 Å². The topological polar surface area (TPSA) is 86.5 Å². The summed E-state index contributed by atoms with van der Waals surface area (Å²) < 4.78 is 17.7. The molecule has 0 spiro atoms. The van der Waals surface area contributed by atoms with E-state index in [1.54, 1.807) is 16.5 Å². The smallest absolute Gasteiger partial charge is 0.340 e. The van der Waals surface area contributed by atoms with Crippen LogP contribution in [0.1, 0.15) is 31.8 Å². The fraction of sp³-hybridized carbons (Fsp3) is 0.143. The van der Waals surface area contributed by atoms with Gasteiger partial charge in [0.2, 0.25) is 0 Å². The maximum Gasteiger partial charge on any atom is 0.340 e. The average molecular weight is 469 g/mol. The summed E-state index contributed by atoms with van der Waals surface area (Å²) in [5.41, 5.74) is 5.26. The first-order valence-corrected chi connectivity index (χ1v) is 11.0. The number of carbonyl (C=O) groups excluding carboxylic acids is 2. The van der Waals surface area contributed by atoms with Gasteiger partial charge in [0.15, 0.2) is 0 Å². The van der Waals surface area contributed by atoms with Gasteiger partial charge in [-0.25, -0.2) is 9.59 Å². The zero-order valence-electron chi connectivity index (χ0n) is 19.3. The number of nitrogens with zero attached hydrogens (tertiary/aromatic N) is 1. The van der Waals surface area contributed by atoms with Crippen LogP contribution in [-0.2, 0) is 22.7 Å². The van der Waals surface area contributed by atoms with Crippen LogP contribution in [0.25, 0.3) is 27.7 Å². The van der Waals surface area contributed by atoms with E-state index >= 15 is 0 Å². The normalized spacial score (nSPS) is 11.2.